The van der Waals surface area contributed by atoms with E-state index in [1.807, 2.05) is 6.92 Å². The van der Waals surface area contributed by atoms with Gasteiger partial charge in [-0.1, -0.05) is 29.3 Å². The Bertz CT molecular complexity index is 832. The van der Waals surface area contributed by atoms with Crippen molar-refractivity contribution in [2.45, 2.75) is 18.2 Å². The van der Waals surface area contributed by atoms with Crippen LogP contribution in [0.15, 0.2) is 47.4 Å². The largest absolute Gasteiger partial charge is 0.495 e. The normalized spacial score (nSPS) is 11.1. The van der Waals surface area contributed by atoms with Crippen molar-refractivity contribution < 1.29 is 17.9 Å². The van der Waals surface area contributed by atoms with E-state index in [0.717, 1.165) is 5.56 Å². The zero-order valence-electron chi connectivity index (χ0n) is 13.4. The van der Waals surface area contributed by atoms with E-state index in [9.17, 15) is 13.2 Å². The molecule has 2 aromatic carbocycles. The lowest BCUT2D eigenvalue weighted by Gasteiger charge is -2.11. The number of benzene rings is 2. The molecule has 0 saturated carbocycles. The van der Waals surface area contributed by atoms with E-state index in [0.29, 0.717) is 16.5 Å². The number of carbonyl (C=O) groups is 1. The maximum Gasteiger partial charge on any atom is 0.225 e. The average molecular weight is 368 g/mol. The third-order valence-electron chi connectivity index (χ3n) is 3.41. The zero-order chi connectivity index (χ0) is 17.7. The monoisotopic (exact) mass is 367 g/mol. The van der Waals surface area contributed by atoms with Crippen LogP contribution in [0.3, 0.4) is 0 Å². The highest BCUT2D eigenvalue weighted by Gasteiger charge is 2.17. The molecule has 0 bridgehead atoms. The second-order valence-corrected chi connectivity index (χ2v) is 7.82. The van der Waals surface area contributed by atoms with Gasteiger partial charge in [0.15, 0.2) is 9.84 Å². The Morgan fingerprint density at radius 3 is 2.46 bits per heavy atom. The van der Waals surface area contributed by atoms with Gasteiger partial charge in [-0.05, 0) is 37.3 Å². The van der Waals surface area contributed by atoms with Crippen LogP contribution >= 0.6 is 11.6 Å². The molecule has 24 heavy (non-hydrogen) atoms. The molecule has 5 nitrogen and oxygen atoms in total. The van der Waals surface area contributed by atoms with Crippen LogP contribution < -0.4 is 10.1 Å². The lowest BCUT2D eigenvalue weighted by molar-refractivity contribution is -0.115. The maximum absolute atomic E-state index is 12.3. The van der Waals surface area contributed by atoms with Crippen molar-refractivity contribution >= 4 is 33.0 Å². The summed E-state index contributed by atoms with van der Waals surface area (Å²) in [5.74, 6) is -0.245. The van der Waals surface area contributed by atoms with Crippen LogP contribution in [0.4, 0.5) is 5.69 Å². The predicted molar refractivity (Wildman–Crippen MR) is 94.5 cm³/mol. The van der Waals surface area contributed by atoms with Crippen LogP contribution in [0.25, 0.3) is 0 Å². The number of nitrogens with one attached hydrogen (secondary N) is 1. The van der Waals surface area contributed by atoms with E-state index in [1.54, 1.807) is 42.5 Å². The van der Waals surface area contributed by atoms with E-state index in [4.69, 9.17) is 16.3 Å². The molecule has 7 heteroatoms. The first-order valence-electron chi connectivity index (χ1n) is 7.24. The smallest absolute Gasteiger partial charge is 0.225 e. The second kappa shape index (κ2) is 7.68. The molecule has 0 atom stereocenters. The quantitative estimate of drug-likeness (QED) is 0.848. The van der Waals surface area contributed by atoms with Crippen LogP contribution in [0, 0.1) is 6.92 Å². The standard InChI is InChI=1S/C17H18ClNO4S/c1-12-3-6-14(7-4-12)24(21,22)10-9-17(20)19-15-11-13(18)5-8-16(15)23-2/h3-8,11H,9-10H2,1-2H3,(H,19,20). The molecule has 0 aliphatic carbocycles. The lowest BCUT2D eigenvalue weighted by Crippen LogP contribution is -2.17. The molecule has 0 fully saturated rings. The fraction of sp³-hybridized carbons (Fsp3) is 0.235. The number of carbonyl (C=O) groups excluding carboxylic acids is 1. The summed E-state index contributed by atoms with van der Waals surface area (Å²) in [5.41, 5.74) is 1.38. The van der Waals surface area contributed by atoms with Gasteiger partial charge in [0.1, 0.15) is 5.75 Å². The van der Waals surface area contributed by atoms with E-state index < -0.39 is 15.7 Å². The number of aryl methyl sites for hydroxylation is 1. The number of hydrogen-bond acceptors (Lipinski definition) is 4. The van der Waals surface area contributed by atoms with Gasteiger partial charge in [-0.2, -0.15) is 0 Å². The molecule has 0 saturated heterocycles. The molecule has 0 aliphatic rings. The van der Waals surface area contributed by atoms with Crippen LogP contribution in [0.5, 0.6) is 5.75 Å². The number of methoxy groups -OCH3 is 1. The van der Waals surface area contributed by atoms with Crippen molar-refractivity contribution in [2.24, 2.45) is 0 Å². The first kappa shape index (κ1) is 18.3. The third-order valence-corrected chi connectivity index (χ3v) is 5.38. The number of halogens is 1. The second-order valence-electron chi connectivity index (χ2n) is 5.27. The minimum absolute atomic E-state index is 0.161. The van der Waals surface area contributed by atoms with Crippen LogP contribution in [0.1, 0.15) is 12.0 Å². The van der Waals surface area contributed by atoms with Crippen molar-refractivity contribution in [3.63, 3.8) is 0 Å². The molecule has 0 aromatic heterocycles. The molecule has 0 spiro atoms. The number of anilines is 1. The summed E-state index contributed by atoms with van der Waals surface area (Å²) in [7, 11) is -2.03. The topological polar surface area (TPSA) is 72.5 Å². The van der Waals surface area contributed by atoms with Gasteiger partial charge in [0, 0.05) is 11.4 Å². The van der Waals surface area contributed by atoms with Crippen molar-refractivity contribution in [1.82, 2.24) is 0 Å². The molecule has 2 aromatic rings. The van der Waals surface area contributed by atoms with Gasteiger partial charge in [0.05, 0.1) is 23.4 Å². The molecule has 128 valence electrons. The van der Waals surface area contributed by atoms with Gasteiger partial charge >= 0.3 is 0 Å². The highest BCUT2D eigenvalue weighted by Crippen LogP contribution is 2.27. The summed E-state index contributed by atoms with van der Waals surface area (Å²) in [6.07, 6.45) is -0.161. The molecular formula is C17H18ClNO4S. The summed E-state index contributed by atoms with van der Waals surface area (Å²) >= 11 is 5.90. The fourth-order valence-corrected chi connectivity index (χ4v) is 3.49. The van der Waals surface area contributed by atoms with E-state index in [2.05, 4.69) is 5.32 Å². The Labute approximate surface area is 146 Å². The SMILES string of the molecule is COc1ccc(Cl)cc1NC(=O)CCS(=O)(=O)c1ccc(C)cc1. The minimum Gasteiger partial charge on any atom is -0.495 e. The minimum atomic E-state index is -3.51. The Kier molecular flexibility index (Phi) is 5.85. The molecular weight excluding hydrogens is 350 g/mol. The highest BCUT2D eigenvalue weighted by molar-refractivity contribution is 7.91. The van der Waals surface area contributed by atoms with Crippen molar-refractivity contribution in [3.05, 3.63) is 53.1 Å². The molecule has 0 heterocycles. The fourth-order valence-electron chi connectivity index (χ4n) is 2.08. The van der Waals surface area contributed by atoms with Gasteiger partial charge in [0.25, 0.3) is 0 Å². The first-order valence-corrected chi connectivity index (χ1v) is 9.27. The molecule has 1 amide bonds. The molecule has 2 rings (SSSR count). The van der Waals surface area contributed by atoms with Gasteiger partial charge in [-0.25, -0.2) is 8.42 Å². The summed E-state index contributed by atoms with van der Waals surface area (Å²) in [6, 6.07) is 11.4. The lowest BCUT2D eigenvalue weighted by atomic mass is 10.2. The average Bonchev–Trinajstić information content (AvgIpc) is 2.54. The van der Waals surface area contributed by atoms with Gasteiger partial charge < -0.3 is 10.1 Å². The molecule has 0 radical (unpaired) electrons. The van der Waals surface area contributed by atoms with E-state index in [1.165, 1.54) is 7.11 Å². The number of amides is 1. The zero-order valence-corrected chi connectivity index (χ0v) is 14.9. The van der Waals surface area contributed by atoms with Gasteiger partial charge in [-0.3, -0.25) is 4.79 Å². The molecule has 0 unspecified atom stereocenters. The first-order chi connectivity index (χ1) is 11.3. The number of rotatable bonds is 6. The van der Waals surface area contributed by atoms with Gasteiger partial charge in [0.2, 0.25) is 5.91 Å². The van der Waals surface area contributed by atoms with E-state index in [-0.39, 0.29) is 17.1 Å². The van der Waals surface area contributed by atoms with Crippen LogP contribution in [-0.2, 0) is 14.6 Å². The predicted octanol–water partition coefficient (Wildman–Crippen LogP) is 3.46. The summed E-state index contributed by atoms with van der Waals surface area (Å²) in [4.78, 5) is 12.3. The Balaban J connectivity index is 2.03. The summed E-state index contributed by atoms with van der Waals surface area (Å²) in [6.45, 7) is 1.88. The number of ether oxygens (including phenoxy) is 1. The summed E-state index contributed by atoms with van der Waals surface area (Å²) < 4.78 is 29.6. The van der Waals surface area contributed by atoms with Gasteiger partial charge in [-0.15, -0.1) is 0 Å². The molecule has 1 N–H and O–H groups in total. The van der Waals surface area contributed by atoms with E-state index >= 15 is 0 Å². The highest BCUT2D eigenvalue weighted by atomic mass is 35.5. The number of sulfone groups is 1. The Hall–Kier alpha value is -2.05. The third kappa shape index (κ3) is 4.72. The Morgan fingerprint density at radius 1 is 1.17 bits per heavy atom. The van der Waals surface area contributed by atoms with Crippen molar-refractivity contribution in [3.8, 4) is 5.75 Å². The maximum atomic E-state index is 12.3. The van der Waals surface area contributed by atoms with Crippen LogP contribution in [0.2, 0.25) is 5.02 Å². The van der Waals surface area contributed by atoms with Crippen LogP contribution in [-0.4, -0.2) is 27.2 Å². The summed E-state index contributed by atoms with van der Waals surface area (Å²) in [5, 5.41) is 3.07. The van der Waals surface area contributed by atoms with Crippen molar-refractivity contribution in [1.29, 1.82) is 0 Å². The number of hydrogen-bond donors (Lipinski definition) is 1. The Morgan fingerprint density at radius 2 is 1.83 bits per heavy atom. The molecule has 0 aliphatic heterocycles. The van der Waals surface area contributed by atoms with Crippen molar-refractivity contribution in [2.75, 3.05) is 18.2 Å².